The molecule has 1 aliphatic rings. The van der Waals surface area contributed by atoms with E-state index in [1.165, 1.54) is 0 Å². The number of rotatable bonds is 4. The van der Waals surface area contributed by atoms with Gasteiger partial charge < -0.3 is 14.7 Å². The number of nitrogens with zero attached hydrogens (tertiary/aromatic N) is 3. The van der Waals surface area contributed by atoms with E-state index in [0.717, 1.165) is 23.4 Å². The lowest BCUT2D eigenvalue weighted by Crippen LogP contribution is -2.03. The smallest absolute Gasteiger partial charge is 0.134 e. The summed E-state index contributed by atoms with van der Waals surface area (Å²) in [5, 5.41) is 16.5. The van der Waals surface area contributed by atoms with Crippen molar-refractivity contribution < 1.29 is 14.7 Å². The molecule has 0 atom stereocenters. The van der Waals surface area contributed by atoms with Gasteiger partial charge in [0.05, 0.1) is 11.4 Å². The maximum atomic E-state index is 8.86. The van der Waals surface area contributed by atoms with Crippen LogP contribution >= 0.6 is 0 Å². The second-order valence-electron chi connectivity index (χ2n) is 4.89. The molecular weight excluding hydrogens is 270 g/mol. The summed E-state index contributed by atoms with van der Waals surface area (Å²) in [5.74, 6) is 1.40. The van der Waals surface area contributed by atoms with Crippen molar-refractivity contribution in [1.29, 1.82) is 0 Å². The van der Waals surface area contributed by atoms with Crippen molar-refractivity contribution in [2.45, 2.75) is 20.0 Å². The largest absolute Gasteiger partial charge is 0.487 e. The number of fused-ring (bicyclic) bond motifs is 1. The van der Waals surface area contributed by atoms with Gasteiger partial charge in [0.15, 0.2) is 0 Å². The van der Waals surface area contributed by atoms with Crippen LogP contribution in [-0.4, -0.2) is 27.3 Å². The Bertz CT molecular complexity index is 691. The maximum Gasteiger partial charge on any atom is 0.134 e. The van der Waals surface area contributed by atoms with E-state index in [4.69, 9.17) is 14.7 Å². The molecule has 0 radical (unpaired) electrons. The third-order valence-electron chi connectivity index (χ3n) is 3.53. The SMILES string of the molecule is CCc1cc(COc2ccc3c(c2)OCC3=NO)n(C)n1. The fraction of sp³-hybridized carbons (Fsp3) is 0.333. The van der Waals surface area contributed by atoms with Crippen LogP contribution in [0.25, 0.3) is 0 Å². The molecule has 6 nitrogen and oxygen atoms in total. The first-order valence-electron chi connectivity index (χ1n) is 6.84. The van der Waals surface area contributed by atoms with Crippen molar-refractivity contribution in [2.24, 2.45) is 12.2 Å². The van der Waals surface area contributed by atoms with Crippen molar-refractivity contribution >= 4 is 5.71 Å². The van der Waals surface area contributed by atoms with Gasteiger partial charge in [-0.3, -0.25) is 4.68 Å². The van der Waals surface area contributed by atoms with Crippen molar-refractivity contribution in [1.82, 2.24) is 9.78 Å². The summed E-state index contributed by atoms with van der Waals surface area (Å²) in [6.07, 6.45) is 0.907. The minimum atomic E-state index is 0.289. The quantitative estimate of drug-likeness (QED) is 0.691. The molecule has 1 aromatic carbocycles. The van der Waals surface area contributed by atoms with E-state index in [0.29, 0.717) is 23.8 Å². The fourth-order valence-corrected chi connectivity index (χ4v) is 2.29. The lowest BCUT2D eigenvalue weighted by atomic mass is 10.1. The number of ether oxygens (including phenoxy) is 2. The summed E-state index contributed by atoms with van der Waals surface area (Å²) in [4.78, 5) is 0. The van der Waals surface area contributed by atoms with Crippen LogP contribution in [0.5, 0.6) is 11.5 Å². The number of benzene rings is 1. The highest BCUT2D eigenvalue weighted by Gasteiger charge is 2.20. The molecule has 1 aliphatic heterocycles. The van der Waals surface area contributed by atoms with Crippen molar-refractivity contribution in [3.63, 3.8) is 0 Å². The van der Waals surface area contributed by atoms with Gasteiger partial charge in [-0.1, -0.05) is 12.1 Å². The third-order valence-corrected chi connectivity index (χ3v) is 3.53. The summed E-state index contributed by atoms with van der Waals surface area (Å²) in [7, 11) is 1.91. The average molecular weight is 287 g/mol. The lowest BCUT2D eigenvalue weighted by Gasteiger charge is -2.07. The first-order valence-corrected chi connectivity index (χ1v) is 6.84. The number of hydrogen-bond acceptors (Lipinski definition) is 5. The van der Waals surface area contributed by atoms with Crippen LogP contribution in [0.4, 0.5) is 0 Å². The molecule has 3 rings (SSSR count). The zero-order valence-electron chi connectivity index (χ0n) is 12.0. The van der Waals surface area contributed by atoms with Gasteiger partial charge in [-0.2, -0.15) is 5.10 Å². The van der Waals surface area contributed by atoms with Gasteiger partial charge in [-0.25, -0.2) is 0 Å². The standard InChI is InChI=1S/C15H17N3O3/c1-3-10-6-11(18(2)16-10)8-20-12-4-5-13-14(17-19)9-21-15(13)7-12/h4-7,19H,3,8-9H2,1-2H3. The van der Waals surface area contributed by atoms with E-state index in [2.05, 4.69) is 17.2 Å². The molecule has 0 fully saturated rings. The third kappa shape index (κ3) is 2.56. The van der Waals surface area contributed by atoms with Crippen LogP contribution < -0.4 is 9.47 Å². The summed E-state index contributed by atoms with van der Waals surface area (Å²) in [6.45, 7) is 2.81. The molecule has 0 amide bonds. The normalized spacial score (nSPS) is 15.0. The molecular formula is C15H17N3O3. The molecule has 1 N–H and O–H groups in total. The molecule has 6 heteroatoms. The molecule has 0 unspecified atom stereocenters. The highest BCUT2D eigenvalue weighted by Crippen LogP contribution is 2.30. The maximum absolute atomic E-state index is 8.86. The van der Waals surface area contributed by atoms with Gasteiger partial charge in [0.1, 0.15) is 30.4 Å². The zero-order chi connectivity index (χ0) is 14.8. The molecule has 21 heavy (non-hydrogen) atoms. The van der Waals surface area contributed by atoms with E-state index >= 15 is 0 Å². The first kappa shape index (κ1) is 13.5. The number of oxime groups is 1. The van der Waals surface area contributed by atoms with Crippen LogP contribution in [-0.2, 0) is 20.1 Å². The number of hydrogen-bond donors (Lipinski definition) is 1. The van der Waals surface area contributed by atoms with E-state index in [9.17, 15) is 0 Å². The van der Waals surface area contributed by atoms with Crippen LogP contribution in [0.3, 0.4) is 0 Å². The molecule has 0 spiro atoms. The molecule has 0 saturated heterocycles. The Kier molecular flexibility index (Phi) is 3.51. The van der Waals surface area contributed by atoms with Crippen LogP contribution in [0, 0.1) is 0 Å². The lowest BCUT2D eigenvalue weighted by molar-refractivity contribution is 0.292. The second kappa shape index (κ2) is 5.47. The van der Waals surface area contributed by atoms with Gasteiger partial charge >= 0.3 is 0 Å². The summed E-state index contributed by atoms with van der Waals surface area (Å²) < 4.78 is 13.1. The van der Waals surface area contributed by atoms with E-state index in [1.807, 2.05) is 36.0 Å². The molecule has 1 aromatic heterocycles. The topological polar surface area (TPSA) is 68.9 Å². The van der Waals surface area contributed by atoms with Crippen molar-refractivity contribution in [3.8, 4) is 11.5 Å². The zero-order valence-corrected chi connectivity index (χ0v) is 12.0. The molecule has 0 bridgehead atoms. The van der Waals surface area contributed by atoms with E-state index in [1.54, 1.807) is 0 Å². The van der Waals surface area contributed by atoms with Gasteiger partial charge in [0.2, 0.25) is 0 Å². The predicted octanol–water partition coefficient (Wildman–Crippen LogP) is 2.13. The Balaban J connectivity index is 1.73. The van der Waals surface area contributed by atoms with Gasteiger partial charge in [-0.05, 0) is 24.6 Å². The Hall–Kier alpha value is -2.50. The second-order valence-corrected chi connectivity index (χ2v) is 4.89. The molecule has 0 aliphatic carbocycles. The van der Waals surface area contributed by atoms with Gasteiger partial charge in [-0.15, -0.1) is 0 Å². The van der Waals surface area contributed by atoms with Gasteiger partial charge in [0, 0.05) is 18.7 Å². The predicted molar refractivity (Wildman–Crippen MR) is 77.2 cm³/mol. The minimum absolute atomic E-state index is 0.289. The highest BCUT2D eigenvalue weighted by atomic mass is 16.5. The Morgan fingerprint density at radius 2 is 2.29 bits per heavy atom. The number of aromatic nitrogens is 2. The number of aryl methyl sites for hydroxylation is 2. The Labute approximate surface area is 122 Å². The van der Waals surface area contributed by atoms with Crippen LogP contribution in [0.1, 0.15) is 23.9 Å². The summed E-state index contributed by atoms with van der Waals surface area (Å²) in [5.41, 5.74) is 3.41. The molecule has 2 aromatic rings. The molecule has 2 heterocycles. The average Bonchev–Trinajstić information content (AvgIpc) is 3.07. The molecule has 110 valence electrons. The summed E-state index contributed by atoms with van der Waals surface area (Å²) >= 11 is 0. The highest BCUT2D eigenvalue weighted by molar-refractivity contribution is 6.05. The van der Waals surface area contributed by atoms with Crippen LogP contribution in [0.2, 0.25) is 0 Å². The Morgan fingerprint density at radius 1 is 1.43 bits per heavy atom. The van der Waals surface area contributed by atoms with Crippen molar-refractivity contribution in [3.05, 3.63) is 41.2 Å². The van der Waals surface area contributed by atoms with Crippen molar-refractivity contribution in [2.75, 3.05) is 6.61 Å². The van der Waals surface area contributed by atoms with Gasteiger partial charge in [0.25, 0.3) is 0 Å². The van der Waals surface area contributed by atoms with E-state index in [-0.39, 0.29) is 6.61 Å². The minimum Gasteiger partial charge on any atom is -0.487 e. The fourth-order valence-electron chi connectivity index (χ4n) is 2.29. The first-order chi connectivity index (χ1) is 10.2. The van der Waals surface area contributed by atoms with Crippen LogP contribution in [0.15, 0.2) is 29.4 Å². The molecule has 0 saturated carbocycles. The Morgan fingerprint density at radius 3 is 3.00 bits per heavy atom. The summed E-state index contributed by atoms with van der Waals surface area (Å²) in [6, 6.07) is 7.54. The monoisotopic (exact) mass is 287 g/mol. The van der Waals surface area contributed by atoms with E-state index < -0.39 is 0 Å².